The van der Waals surface area contributed by atoms with Crippen LogP contribution in [-0.2, 0) is 11.4 Å². The first-order valence-corrected chi connectivity index (χ1v) is 8.10. The van der Waals surface area contributed by atoms with Gasteiger partial charge >= 0.3 is 0 Å². The molecule has 1 atom stereocenters. The van der Waals surface area contributed by atoms with Crippen LogP contribution in [0.2, 0.25) is 0 Å². The molecule has 0 bridgehead atoms. The first-order chi connectivity index (χ1) is 12.0. The zero-order valence-corrected chi connectivity index (χ0v) is 13.8. The first kappa shape index (κ1) is 17.0. The summed E-state index contributed by atoms with van der Waals surface area (Å²) in [7, 11) is 0. The molecule has 0 radical (unpaired) electrons. The Kier molecular flexibility index (Phi) is 5.02. The van der Waals surface area contributed by atoms with Crippen LogP contribution in [0.15, 0.2) is 40.8 Å². The molecule has 2 aromatic rings. The Labute approximate surface area is 144 Å². The third-order valence-corrected chi connectivity index (χ3v) is 4.05. The van der Waals surface area contributed by atoms with Crippen LogP contribution in [-0.4, -0.2) is 35.8 Å². The molecule has 1 aliphatic rings. The maximum atomic E-state index is 12.9. The smallest absolute Gasteiger partial charge is 0.290 e. The van der Waals surface area contributed by atoms with E-state index in [1.807, 2.05) is 0 Å². The minimum Gasteiger partial charge on any atom is -0.486 e. The molecule has 1 unspecified atom stereocenters. The zero-order valence-electron chi connectivity index (χ0n) is 13.8. The van der Waals surface area contributed by atoms with Crippen LogP contribution >= 0.6 is 0 Å². The highest BCUT2D eigenvalue weighted by atomic mass is 19.1. The second kappa shape index (κ2) is 7.38. The minimum absolute atomic E-state index is 0.120. The van der Waals surface area contributed by atoms with Crippen molar-refractivity contribution in [3.05, 3.63) is 53.7 Å². The standard InChI is InChI=1S/C18H19FN2O4/c1-12-17(22)20-9-2-10-21(12)18(23)16-8-7-15(25-16)11-24-14-5-3-13(19)4-6-14/h3-8,12H,2,9-11H2,1H3,(H,20,22). The zero-order chi connectivity index (χ0) is 17.8. The van der Waals surface area contributed by atoms with Crippen LogP contribution in [0.4, 0.5) is 4.39 Å². The number of nitrogens with zero attached hydrogens (tertiary/aromatic N) is 1. The highest BCUT2D eigenvalue weighted by Crippen LogP contribution is 2.17. The van der Waals surface area contributed by atoms with Gasteiger partial charge in [0.05, 0.1) is 0 Å². The molecule has 0 aliphatic carbocycles. The highest BCUT2D eigenvalue weighted by molar-refractivity contribution is 5.95. The molecule has 1 fully saturated rings. The van der Waals surface area contributed by atoms with E-state index in [1.54, 1.807) is 19.1 Å². The number of halogens is 1. The van der Waals surface area contributed by atoms with Crippen molar-refractivity contribution in [2.45, 2.75) is 26.0 Å². The monoisotopic (exact) mass is 346 g/mol. The van der Waals surface area contributed by atoms with E-state index >= 15 is 0 Å². The van der Waals surface area contributed by atoms with E-state index in [0.29, 0.717) is 31.0 Å². The van der Waals surface area contributed by atoms with Crippen LogP contribution < -0.4 is 10.1 Å². The Hall–Kier alpha value is -2.83. The van der Waals surface area contributed by atoms with Crippen molar-refractivity contribution in [1.82, 2.24) is 10.2 Å². The number of hydrogen-bond acceptors (Lipinski definition) is 4. The molecule has 3 rings (SSSR count). The average molecular weight is 346 g/mol. The second-order valence-electron chi connectivity index (χ2n) is 5.83. The van der Waals surface area contributed by atoms with Gasteiger partial charge in [-0.2, -0.15) is 0 Å². The van der Waals surface area contributed by atoms with Gasteiger partial charge in [0.2, 0.25) is 5.91 Å². The SMILES string of the molecule is CC1C(=O)NCCCN1C(=O)c1ccc(COc2ccc(F)cc2)o1. The Morgan fingerprint density at radius 1 is 1.32 bits per heavy atom. The minimum atomic E-state index is -0.543. The van der Waals surface area contributed by atoms with Crippen molar-refractivity contribution in [1.29, 1.82) is 0 Å². The van der Waals surface area contributed by atoms with Crippen LogP contribution in [0.3, 0.4) is 0 Å². The molecule has 2 amide bonds. The summed E-state index contributed by atoms with van der Waals surface area (Å²) in [5.74, 6) is 0.311. The third kappa shape index (κ3) is 3.99. The summed E-state index contributed by atoms with van der Waals surface area (Å²) in [6, 6.07) is 8.32. The summed E-state index contributed by atoms with van der Waals surface area (Å²) in [6.45, 7) is 2.86. The van der Waals surface area contributed by atoms with Crippen LogP contribution in [0, 0.1) is 5.82 Å². The topological polar surface area (TPSA) is 71.8 Å². The van der Waals surface area contributed by atoms with Gasteiger partial charge in [0, 0.05) is 13.1 Å². The predicted octanol–water partition coefficient (Wildman–Crippen LogP) is 2.35. The molecule has 25 heavy (non-hydrogen) atoms. The fraction of sp³-hybridized carbons (Fsp3) is 0.333. The number of rotatable bonds is 4. The van der Waals surface area contributed by atoms with Crippen molar-refractivity contribution < 1.29 is 23.1 Å². The van der Waals surface area contributed by atoms with Crippen molar-refractivity contribution in [2.24, 2.45) is 0 Å². The number of hydrogen-bond donors (Lipinski definition) is 1. The van der Waals surface area contributed by atoms with Gasteiger partial charge < -0.3 is 19.4 Å². The summed E-state index contributed by atoms with van der Waals surface area (Å²) in [6.07, 6.45) is 0.697. The molecular weight excluding hydrogens is 327 g/mol. The Morgan fingerprint density at radius 3 is 2.84 bits per heavy atom. The van der Waals surface area contributed by atoms with Gasteiger partial charge in [-0.25, -0.2) is 4.39 Å². The normalized spacial score (nSPS) is 17.8. The predicted molar refractivity (Wildman–Crippen MR) is 87.6 cm³/mol. The maximum absolute atomic E-state index is 12.9. The molecule has 2 heterocycles. The van der Waals surface area contributed by atoms with Gasteiger partial charge in [-0.3, -0.25) is 9.59 Å². The maximum Gasteiger partial charge on any atom is 0.290 e. The summed E-state index contributed by atoms with van der Waals surface area (Å²) in [5, 5.41) is 2.77. The van der Waals surface area contributed by atoms with E-state index in [9.17, 15) is 14.0 Å². The summed E-state index contributed by atoms with van der Waals surface area (Å²) in [5.41, 5.74) is 0. The molecule has 132 valence electrons. The van der Waals surface area contributed by atoms with E-state index < -0.39 is 6.04 Å². The van der Waals surface area contributed by atoms with Crippen molar-refractivity contribution in [3.8, 4) is 5.75 Å². The number of ether oxygens (including phenoxy) is 1. The lowest BCUT2D eigenvalue weighted by atomic mass is 10.2. The summed E-state index contributed by atoms with van der Waals surface area (Å²) in [4.78, 5) is 26.0. The molecule has 1 aromatic carbocycles. The molecule has 0 spiro atoms. The number of nitrogens with one attached hydrogen (secondary N) is 1. The fourth-order valence-electron chi connectivity index (χ4n) is 2.62. The summed E-state index contributed by atoms with van der Waals surface area (Å²) < 4.78 is 23.9. The molecule has 0 saturated carbocycles. The Bertz CT molecular complexity index is 757. The van der Waals surface area contributed by atoms with E-state index in [2.05, 4.69) is 5.32 Å². The molecule has 1 aromatic heterocycles. The van der Waals surface area contributed by atoms with Crippen LogP contribution in [0.25, 0.3) is 0 Å². The van der Waals surface area contributed by atoms with Crippen LogP contribution in [0.5, 0.6) is 5.75 Å². The van der Waals surface area contributed by atoms with E-state index in [0.717, 1.165) is 0 Å². The molecule has 7 heteroatoms. The number of amides is 2. The second-order valence-corrected chi connectivity index (χ2v) is 5.83. The molecule has 1 aliphatic heterocycles. The largest absolute Gasteiger partial charge is 0.486 e. The Balaban J connectivity index is 1.64. The lowest BCUT2D eigenvalue weighted by molar-refractivity contribution is -0.124. The molecule has 6 nitrogen and oxygen atoms in total. The van der Waals surface area contributed by atoms with Crippen molar-refractivity contribution in [2.75, 3.05) is 13.1 Å². The van der Waals surface area contributed by atoms with Crippen molar-refractivity contribution in [3.63, 3.8) is 0 Å². The highest BCUT2D eigenvalue weighted by Gasteiger charge is 2.30. The first-order valence-electron chi connectivity index (χ1n) is 8.10. The molecule has 1 N–H and O–H groups in total. The lowest BCUT2D eigenvalue weighted by Gasteiger charge is -2.24. The van der Waals surface area contributed by atoms with Gasteiger partial charge in [0.1, 0.15) is 30.0 Å². The van der Waals surface area contributed by atoms with Gasteiger partial charge in [-0.15, -0.1) is 0 Å². The van der Waals surface area contributed by atoms with Crippen molar-refractivity contribution >= 4 is 11.8 Å². The Morgan fingerprint density at radius 2 is 2.08 bits per heavy atom. The quantitative estimate of drug-likeness (QED) is 0.922. The lowest BCUT2D eigenvalue weighted by Crippen LogP contribution is -2.45. The van der Waals surface area contributed by atoms with Gasteiger partial charge in [-0.1, -0.05) is 0 Å². The molecular formula is C18H19FN2O4. The average Bonchev–Trinajstić information content (AvgIpc) is 3.02. The van der Waals surface area contributed by atoms with E-state index in [4.69, 9.17) is 9.15 Å². The van der Waals surface area contributed by atoms with Gasteiger partial charge in [0.25, 0.3) is 5.91 Å². The van der Waals surface area contributed by atoms with Crippen LogP contribution in [0.1, 0.15) is 29.7 Å². The number of benzene rings is 1. The number of carbonyl (C=O) groups is 2. The van der Waals surface area contributed by atoms with E-state index in [-0.39, 0.29) is 30.0 Å². The fourth-order valence-corrected chi connectivity index (χ4v) is 2.62. The third-order valence-electron chi connectivity index (χ3n) is 4.05. The van der Waals surface area contributed by atoms with Gasteiger partial charge in [0.15, 0.2) is 5.76 Å². The van der Waals surface area contributed by atoms with E-state index in [1.165, 1.54) is 29.2 Å². The number of carbonyl (C=O) groups excluding carboxylic acids is 2. The summed E-state index contributed by atoms with van der Waals surface area (Å²) >= 11 is 0. The number of furan rings is 1. The van der Waals surface area contributed by atoms with Gasteiger partial charge in [-0.05, 0) is 49.7 Å². The molecule has 1 saturated heterocycles.